The van der Waals surface area contributed by atoms with Crippen molar-refractivity contribution in [2.24, 2.45) is 0 Å². The molecule has 3 rings (SSSR count). The van der Waals surface area contributed by atoms with E-state index in [1.807, 2.05) is 35.4 Å². The summed E-state index contributed by atoms with van der Waals surface area (Å²) in [5.41, 5.74) is 1.69. The Morgan fingerprint density at radius 1 is 1.27 bits per heavy atom. The maximum absolute atomic E-state index is 12.8. The summed E-state index contributed by atoms with van der Waals surface area (Å²) in [7, 11) is 0. The normalized spacial score (nSPS) is 18.5. The Morgan fingerprint density at radius 2 is 2.14 bits per heavy atom. The molecule has 1 aromatic carbocycles. The zero-order valence-corrected chi connectivity index (χ0v) is 12.4. The van der Waals surface area contributed by atoms with E-state index in [4.69, 9.17) is 5.11 Å². The van der Waals surface area contributed by atoms with Crippen LogP contribution in [-0.4, -0.2) is 39.5 Å². The number of carboxylic acid groups (broad SMARTS) is 1. The number of benzene rings is 1. The van der Waals surface area contributed by atoms with Crippen molar-refractivity contribution in [3.05, 3.63) is 36.0 Å². The Balaban J connectivity index is 1.79. The SMILES string of the molecule is O=C(O)CC[C@H]1CCCCN1C(=O)c1ccc2[nH]ccc2c1. The number of hydrogen-bond acceptors (Lipinski definition) is 2. The highest BCUT2D eigenvalue weighted by Crippen LogP contribution is 2.24. The van der Waals surface area contributed by atoms with Gasteiger partial charge in [0, 0.05) is 41.7 Å². The van der Waals surface area contributed by atoms with Crippen LogP contribution in [-0.2, 0) is 4.79 Å². The van der Waals surface area contributed by atoms with E-state index in [9.17, 15) is 9.59 Å². The van der Waals surface area contributed by atoms with Gasteiger partial charge in [0.25, 0.3) is 5.91 Å². The molecule has 1 aliphatic heterocycles. The van der Waals surface area contributed by atoms with Crippen molar-refractivity contribution in [1.29, 1.82) is 0 Å². The first-order chi connectivity index (χ1) is 10.6. The zero-order valence-electron chi connectivity index (χ0n) is 12.4. The summed E-state index contributed by atoms with van der Waals surface area (Å²) in [5.74, 6) is -0.787. The maximum Gasteiger partial charge on any atom is 0.303 e. The van der Waals surface area contributed by atoms with Gasteiger partial charge in [0.1, 0.15) is 0 Å². The standard InChI is InChI=1S/C17H20N2O3/c20-16(21)7-5-14-3-1-2-10-19(14)17(22)13-4-6-15-12(11-13)8-9-18-15/h4,6,8-9,11,14,18H,1-3,5,7,10H2,(H,20,21)/t14-/m1/s1. The van der Waals surface area contributed by atoms with E-state index in [-0.39, 0.29) is 18.4 Å². The average molecular weight is 300 g/mol. The number of likely N-dealkylation sites (tertiary alicyclic amines) is 1. The van der Waals surface area contributed by atoms with E-state index < -0.39 is 5.97 Å². The highest BCUT2D eigenvalue weighted by atomic mass is 16.4. The number of aromatic nitrogens is 1. The molecule has 2 N–H and O–H groups in total. The number of piperidine rings is 1. The Bertz CT molecular complexity index is 692. The Hall–Kier alpha value is -2.30. The molecule has 0 bridgehead atoms. The number of nitrogens with zero attached hydrogens (tertiary/aromatic N) is 1. The number of rotatable bonds is 4. The predicted octanol–water partition coefficient (Wildman–Crippen LogP) is 3.03. The van der Waals surface area contributed by atoms with Gasteiger partial charge in [0.15, 0.2) is 0 Å². The highest BCUT2D eigenvalue weighted by molar-refractivity contribution is 5.98. The summed E-state index contributed by atoms with van der Waals surface area (Å²) >= 11 is 0. The zero-order chi connectivity index (χ0) is 15.5. The number of hydrogen-bond donors (Lipinski definition) is 2. The molecule has 0 saturated carbocycles. The lowest BCUT2D eigenvalue weighted by Gasteiger charge is -2.35. The summed E-state index contributed by atoms with van der Waals surface area (Å²) < 4.78 is 0. The maximum atomic E-state index is 12.8. The Kier molecular flexibility index (Phi) is 4.13. The molecule has 1 saturated heterocycles. The van der Waals surface area contributed by atoms with Crippen molar-refractivity contribution in [2.45, 2.75) is 38.1 Å². The first-order valence-electron chi connectivity index (χ1n) is 7.75. The molecule has 1 aliphatic rings. The molecule has 1 amide bonds. The summed E-state index contributed by atoms with van der Waals surface area (Å²) in [4.78, 5) is 28.6. The van der Waals surface area contributed by atoms with Gasteiger partial charge >= 0.3 is 5.97 Å². The molecule has 0 spiro atoms. The largest absolute Gasteiger partial charge is 0.481 e. The quantitative estimate of drug-likeness (QED) is 0.911. The smallest absolute Gasteiger partial charge is 0.303 e. The van der Waals surface area contributed by atoms with Crippen LogP contribution in [0, 0.1) is 0 Å². The molecule has 2 aromatic rings. The van der Waals surface area contributed by atoms with Crippen LogP contribution in [0.2, 0.25) is 0 Å². The number of fused-ring (bicyclic) bond motifs is 1. The van der Waals surface area contributed by atoms with Crippen molar-refractivity contribution >= 4 is 22.8 Å². The minimum atomic E-state index is -0.799. The molecule has 0 radical (unpaired) electrons. The van der Waals surface area contributed by atoms with E-state index >= 15 is 0 Å². The van der Waals surface area contributed by atoms with E-state index in [0.717, 1.165) is 30.2 Å². The second-order valence-corrected chi connectivity index (χ2v) is 5.86. The fraction of sp³-hybridized carbons (Fsp3) is 0.412. The van der Waals surface area contributed by atoms with Gasteiger partial charge in [-0.3, -0.25) is 9.59 Å². The predicted molar refractivity (Wildman–Crippen MR) is 83.8 cm³/mol. The van der Waals surface area contributed by atoms with Gasteiger partial charge in [-0.05, 0) is 49.9 Å². The van der Waals surface area contributed by atoms with Crippen molar-refractivity contribution < 1.29 is 14.7 Å². The monoisotopic (exact) mass is 300 g/mol. The van der Waals surface area contributed by atoms with E-state index in [2.05, 4.69) is 4.98 Å². The first-order valence-corrected chi connectivity index (χ1v) is 7.75. The molecular weight excluding hydrogens is 280 g/mol. The van der Waals surface area contributed by atoms with Gasteiger partial charge in [-0.25, -0.2) is 0 Å². The number of nitrogens with one attached hydrogen (secondary N) is 1. The van der Waals surface area contributed by atoms with Crippen LogP contribution in [0.1, 0.15) is 42.5 Å². The van der Waals surface area contributed by atoms with Crippen molar-refractivity contribution in [2.75, 3.05) is 6.54 Å². The van der Waals surface area contributed by atoms with Crippen LogP contribution in [0.3, 0.4) is 0 Å². The lowest BCUT2D eigenvalue weighted by molar-refractivity contribution is -0.137. The van der Waals surface area contributed by atoms with E-state index in [1.165, 1.54) is 0 Å². The van der Waals surface area contributed by atoms with Crippen molar-refractivity contribution in [1.82, 2.24) is 9.88 Å². The molecule has 116 valence electrons. The molecule has 5 nitrogen and oxygen atoms in total. The lowest BCUT2D eigenvalue weighted by atomic mass is 9.96. The minimum Gasteiger partial charge on any atom is -0.481 e. The van der Waals surface area contributed by atoms with Crippen LogP contribution in [0.4, 0.5) is 0 Å². The summed E-state index contributed by atoms with van der Waals surface area (Å²) in [6.07, 6.45) is 5.45. The molecule has 0 unspecified atom stereocenters. The molecule has 1 atom stereocenters. The highest BCUT2D eigenvalue weighted by Gasteiger charge is 2.27. The lowest BCUT2D eigenvalue weighted by Crippen LogP contribution is -2.43. The van der Waals surface area contributed by atoms with E-state index in [1.54, 1.807) is 0 Å². The molecule has 22 heavy (non-hydrogen) atoms. The number of amides is 1. The van der Waals surface area contributed by atoms with Crippen molar-refractivity contribution in [3.63, 3.8) is 0 Å². The van der Waals surface area contributed by atoms with Gasteiger partial charge in [-0.1, -0.05) is 0 Å². The number of carbonyl (C=O) groups is 2. The third-order valence-corrected chi connectivity index (χ3v) is 4.38. The number of aromatic amines is 1. The van der Waals surface area contributed by atoms with Gasteiger partial charge in [-0.15, -0.1) is 0 Å². The van der Waals surface area contributed by atoms with Crippen LogP contribution in [0.25, 0.3) is 10.9 Å². The van der Waals surface area contributed by atoms with Gasteiger partial charge in [-0.2, -0.15) is 0 Å². The molecule has 1 fully saturated rings. The van der Waals surface area contributed by atoms with Crippen LogP contribution >= 0.6 is 0 Å². The fourth-order valence-electron chi connectivity index (χ4n) is 3.21. The van der Waals surface area contributed by atoms with Gasteiger partial charge in [0.05, 0.1) is 0 Å². The summed E-state index contributed by atoms with van der Waals surface area (Å²) in [6, 6.07) is 7.64. The van der Waals surface area contributed by atoms with Crippen LogP contribution in [0.15, 0.2) is 30.5 Å². The molecule has 2 heterocycles. The number of H-pyrrole nitrogens is 1. The minimum absolute atomic E-state index is 0.0122. The first kappa shape index (κ1) is 14.6. The molecular formula is C17H20N2O3. The number of carbonyl (C=O) groups excluding carboxylic acids is 1. The second kappa shape index (κ2) is 6.22. The third-order valence-electron chi connectivity index (χ3n) is 4.38. The topological polar surface area (TPSA) is 73.4 Å². The molecule has 1 aromatic heterocycles. The van der Waals surface area contributed by atoms with E-state index in [0.29, 0.717) is 18.5 Å². The number of aliphatic carboxylic acids is 1. The van der Waals surface area contributed by atoms with Crippen molar-refractivity contribution in [3.8, 4) is 0 Å². The van der Waals surface area contributed by atoms with Crippen LogP contribution < -0.4 is 0 Å². The average Bonchev–Trinajstić information content (AvgIpc) is 3.00. The van der Waals surface area contributed by atoms with Gasteiger partial charge in [0.2, 0.25) is 0 Å². The molecule has 5 heteroatoms. The summed E-state index contributed by atoms with van der Waals surface area (Å²) in [6.45, 7) is 0.717. The number of carboxylic acids is 1. The Morgan fingerprint density at radius 3 is 2.95 bits per heavy atom. The van der Waals surface area contributed by atoms with Gasteiger partial charge < -0.3 is 15.0 Å². The Labute approximate surface area is 128 Å². The molecule has 0 aliphatic carbocycles. The second-order valence-electron chi connectivity index (χ2n) is 5.86. The summed E-state index contributed by atoms with van der Waals surface area (Å²) in [5, 5.41) is 9.89. The van der Waals surface area contributed by atoms with Crippen LogP contribution in [0.5, 0.6) is 0 Å². The fourth-order valence-corrected chi connectivity index (χ4v) is 3.21. The third kappa shape index (κ3) is 2.98.